The van der Waals surface area contributed by atoms with Crippen molar-refractivity contribution >= 4 is 37.6 Å². The van der Waals surface area contributed by atoms with E-state index in [1.807, 2.05) is 6.07 Å². The third kappa shape index (κ3) is 5.41. The summed E-state index contributed by atoms with van der Waals surface area (Å²) < 4.78 is 54.2. The van der Waals surface area contributed by atoms with E-state index in [9.17, 15) is 16.8 Å². The Hall–Kier alpha value is -2.65. The van der Waals surface area contributed by atoms with E-state index in [0.29, 0.717) is 12.3 Å². The van der Waals surface area contributed by atoms with E-state index in [-0.39, 0.29) is 10.6 Å². The van der Waals surface area contributed by atoms with Gasteiger partial charge in [-0.05, 0) is 36.3 Å². The standard InChI is InChI=1S/C18H19N3O4S2/c22-26(23,13-11-15-6-2-1-3-7-15)20-16-8-4-9-17(14-16)27(24,25)21-18-10-5-12-19-18/h1-4,6-9,11,13-14,20H,5,10,12H2,(H,19,21)/p+1/b13-11+. The van der Waals surface area contributed by atoms with Crippen molar-refractivity contribution in [2.75, 3.05) is 11.3 Å². The van der Waals surface area contributed by atoms with Gasteiger partial charge in [-0.25, -0.2) is 8.42 Å². The Morgan fingerprint density at radius 1 is 0.926 bits per heavy atom. The molecule has 3 rings (SSSR count). The molecule has 0 radical (unpaired) electrons. The maximum atomic E-state index is 12.5. The predicted octanol–water partition coefficient (Wildman–Crippen LogP) is 0.650. The largest absolute Gasteiger partial charge is 0.328 e. The summed E-state index contributed by atoms with van der Waals surface area (Å²) in [5, 5.41) is 1.04. The van der Waals surface area contributed by atoms with E-state index in [0.717, 1.165) is 23.9 Å². The molecular formula is C18H20N3O4S2+. The molecule has 3 N–H and O–H groups in total. The summed E-state index contributed by atoms with van der Waals surface area (Å²) in [6, 6.07) is 14.7. The zero-order valence-corrected chi connectivity index (χ0v) is 16.1. The first-order valence-corrected chi connectivity index (χ1v) is 11.4. The Morgan fingerprint density at radius 3 is 2.41 bits per heavy atom. The van der Waals surface area contributed by atoms with Gasteiger partial charge in [-0.2, -0.15) is 13.1 Å². The topological polar surface area (TPSA) is 106 Å². The molecule has 0 fully saturated rings. The number of amidine groups is 1. The fraction of sp³-hybridized carbons (Fsp3) is 0.167. The highest BCUT2D eigenvalue weighted by molar-refractivity contribution is 7.95. The van der Waals surface area contributed by atoms with Gasteiger partial charge < -0.3 is 0 Å². The lowest BCUT2D eigenvalue weighted by Gasteiger charge is -2.07. The van der Waals surface area contributed by atoms with Gasteiger partial charge in [0.1, 0.15) is 4.90 Å². The summed E-state index contributed by atoms with van der Waals surface area (Å²) in [6.45, 7) is 0.728. The molecule has 0 atom stereocenters. The maximum Gasteiger partial charge on any atom is 0.328 e. The molecule has 0 aromatic heterocycles. The van der Waals surface area contributed by atoms with Crippen LogP contribution in [-0.2, 0) is 20.0 Å². The molecule has 1 aliphatic rings. The number of anilines is 1. The maximum absolute atomic E-state index is 12.5. The van der Waals surface area contributed by atoms with Crippen LogP contribution in [0.5, 0.6) is 0 Å². The van der Waals surface area contributed by atoms with E-state index in [2.05, 4.69) is 14.4 Å². The SMILES string of the molecule is O=S(=O)(/C=C/c1ccccc1)Nc1cccc(S(=O)(=O)NC2=[NH+]CCC2)c1. The lowest BCUT2D eigenvalue weighted by molar-refractivity contribution is -0.448. The van der Waals surface area contributed by atoms with Gasteiger partial charge >= 0.3 is 10.0 Å². The molecule has 0 unspecified atom stereocenters. The molecule has 0 amide bonds. The van der Waals surface area contributed by atoms with E-state index in [1.54, 1.807) is 24.3 Å². The second kappa shape index (κ2) is 7.93. The van der Waals surface area contributed by atoms with Gasteiger partial charge in [0.05, 0.1) is 24.1 Å². The molecule has 0 aliphatic carbocycles. The van der Waals surface area contributed by atoms with Crippen molar-refractivity contribution in [1.82, 2.24) is 4.72 Å². The Morgan fingerprint density at radius 2 is 1.70 bits per heavy atom. The van der Waals surface area contributed by atoms with Crippen LogP contribution in [0.15, 0.2) is 64.9 Å². The van der Waals surface area contributed by atoms with Gasteiger partial charge in [0.25, 0.3) is 15.9 Å². The van der Waals surface area contributed by atoms with Gasteiger partial charge in [0, 0.05) is 0 Å². The molecule has 142 valence electrons. The third-order valence-corrected chi connectivity index (χ3v) is 6.25. The highest BCUT2D eigenvalue weighted by Gasteiger charge is 2.24. The first-order valence-electron chi connectivity index (χ1n) is 8.33. The molecule has 0 saturated carbocycles. The highest BCUT2D eigenvalue weighted by atomic mass is 32.2. The van der Waals surface area contributed by atoms with Crippen LogP contribution in [0.2, 0.25) is 0 Å². The van der Waals surface area contributed by atoms with Crippen molar-refractivity contribution in [2.24, 2.45) is 0 Å². The van der Waals surface area contributed by atoms with Crippen LogP contribution in [-0.4, -0.2) is 29.2 Å². The summed E-state index contributed by atoms with van der Waals surface area (Å²) >= 11 is 0. The Bertz CT molecular complexity index is 1080. The van der Waals surface area contributed by atoms with E-state index < -0.39 is 20.0 Å². The molecule has 2 aromatic carbocycles. The lowest BCUT2D eigenvalue weighted by Crippen LogP contribution is -2.72. The Labute approximate surface area is 158 Å². The number of hydrogen-bond acceptors (Lipinski definition) is 4. The average molecular weight is 407 g/mol. The van der Waals surface area contributed by atoms with Gasteiger partial charge in [-0.15, -0.1) is 0 Å². The van der Waals surface area contributed by atoms with Gasteiger partial charge in [0.15, 0.2) is 0 Å². The van der Waals surface area contributed by atoms with Crippen LogP contribution in [0.3, 0.4) is 0 Å². The molecule has 0 spiro atoms. The zero-order chi connectivity index (χ0) is 19.3. The minimum Gasteiger partial charge on any atom is -0.280 e. The normalized spacial score (nSPS) is 14.9. The monoisotopic (exact) mass is 406 g/mol. The summed E-state index contributed by atoms with van der Waals surface area (Å²) in [5.74, 6) is 0.548. The van der Waals surface area contributed by atoms with E-state index in [4.69, 9.17) is 0 Å². The number of rotatable bonds is 6. The van der Waals surface area contributed by atoms with E-state index in [1.165, 1.54) is 30.3 Å². The quantitative estimate of drug-likeness (QED) is 0.655. The summed E-state index contributed by atoms with van der Waals surface area (Å²) in [4.78, 5) is 2.96. The first kappa shape index (κ1) is 19.1. The molecule has 0 saturated heterocycles. The molecule has 27 heavy (non-hydrogen) atoms. The first-order chi connectivity index (χ1) is 12.8. The van der Waals surface area contributed by atoms with Crippen LogP contribution in [0, 0.1) is 0 Å². The van der Waals surface area contributed by atoms with Crippen LogP contribution in [0.25, 0.3) is 6.08 Å². The minimum absolute atomic E-state index is 0.0176. The van der Waals surface area contributed by atoms with Crippen molar-refractivity contribution in [3.05, 3.63) is 65.6 Å². The minimum atomic E-state index is -3.78. The van der Waals surface area contributed by atoms with Crippen molar-refractivity contribution in [1.29, 1.82) is 0 Å². The summed E-state index contributed by atoms with van der Waals surface area (Å²) in [6.07, 6.45) is 2.97. The fourth-order valence-electron chi connectivity index (χ4n) is 2.56. The van der Waals surface area contributed by atoms with Gasteiger partial charge in [-0.3, -0.25) is 9.71 Å². The van der Waals surface area contributed by atoms with Crippen molar-refractivity contribution in [3.8, 4) is 0 Å². The highest BCUT2D eigenvalue weighted by Crippen LogP contribution is 2.17. The summed E-state index contributed by atoms with van der Waals surface area (Å²) in [7, 11) is -7.56. The average Bonchev–Trinajstić information content (AvgIpc) is 3.13. The number of benzene rings is 2. The third-order valence-electron chi connectivity index (χ3n) is 3.84. The van der Waals surface area contributed by atoms with Crippen LogP contribution in [0.1, 0.15) is 18.4 Å². The van der Waals surface area contributed by atoms with Crippen molar-refractivity contribution < 1.29 is 21.8 Å². The Kier molecular flexibility index (Phi) is 5.62. The molecule has 7 nitrogen and oxygen atoms in total. The van der Waals surface area contributed by atoms with E-state index >= 15 is 0 Å². The molecular weight excluding hydrogens is 386 g/mol. The van der Waals surface area contributed by atoms with Gasteiger partial charge in [0.2, 0.25) is 0 Å². The second-order valence-corrected chi connectivity index (χ2v) is 9.25. The Balaban J connectivity index is 1.76. The molecule has 1 heterocycles. The molecule has 9 heteroatoms. The van der Waals surface area contributed by atoms with Crippen molar-refractivity contribution in [3.63, 3.8) is 0 Å². The molecule has 1 aliphatic heterocycles. The number of sulfonamides is 2. The summed E-state index contributed by atoms with van der Waals surface area (Å²) in [5.41, 5.74) is 0.907. The van der Waals surface area contributed by atoms with Crippen LogP contribution < -0.4 is 14.4 Å². The van der Waals surface area contributed by atoms with Crippen molar-refractivity contribution in [2.45, 2.75) is 17.7 Å². The number of nitrogens with one attached hydrogen (secondary N) is 3. The second-order valence-electron chi connectivity index (χ2n) is 6.00. The molecule has 0 bridgehead atoms. The molecule has 2 aromatic rings. The van der Waals surface area contributed by atoms with Gasteiger partial charge in [-0.1, -0.05) is 36.4 Å². The smallest absolute Gasteiger partial charge is 0.280 e. The van der Waals surface area contributed by atoms with Crippen LogP contribution in [0.4, 0.5) is 5.69 Å². The zero-order valence-electron chi connectivity index (χ0n) is 14.4. The lowest BCUT2D eigenvalue weighted by atomic mass is 10.2. The fourth-order valence-corrected chi connectivity index (χ4v) is 4.57. The predicted molar refractivity (Wildman–Crippen MR) is 105 cm³/mol. The number of hydrogen-bond donors (Lipinski definition) is 3. The van der Waals surface area contributed by atoms with Crippen LogP contribution >= 0.6 is 0 Å².